The van der Waals surface area contributed by atoms with Gasteiger partial charge in [-0.2, -0.15) is 4.58 Å². The van der Waals surface area contributed by atoms with Crippen LogP contribution in [-0.2, 0) is 10.8 Å². The summed E-state index contributed by atoms with van der Waals surface area (Å²) in [6.07, 6.45) is 11.2. The van der Waals surface area contributed by atoms with Crippen LogP contribution in [0.25, 0.3) is 0 Å². The monoisotopic (exact) mass is 500 g/mol. The molecule has 0 amide bonds. The first kappa shape index (κ1) is 26.5. The molecule has 36 heavy (non-hydrogen) atoms. The Bertz CT molecular complexity index is 1290. The molecule has 2 aromatic rings. The Labute approximate surface area is 223 Å². The lowest BCUT2D eigenvalue weighted by atomic mass is 9.78. The van der Waals surface area contributed by atoms with Crippen molar-refractivity contribution in [3.8, 4) is 0 Å². The van der Waals surface area contributed by atoms with Crippen LogP contribution in [0.1, 0.15) is 64.5 Å². The van der Waals surface area contributed by atoms with E-state index in [1.807, 2.05) is 0 Å². The van der Waals surface area contributed by atoms with Crippen molar-refractivity contribution < 1.29 is 4.58 Å². The van der Waals surface area contributed by atoms with Gasteiger partial charge >= 0.3 is 0 Å². The van der Waals surface area contributed by atoms with Crippen molar-refractivity contribution in [3.63, 3.8) is 0 Å². The van der Waals surface area contributed by atoms with Crippen molar-refractivity contribution in [2.24, 2.45) is 0 Å². The number of anilines is 1. The molecular weight excluding hydrogens is 460 g/mol. The van der Waals surface area contributed by atoms with E-state index in [1.165, 1.54) is 39.4 Å². The molecule has 5 rings (SSSR count). The minimum absolute atomic E-state index is 0. The molecule has 0 fully saturated rings. The van der Waals surface area contributed by atoms with E-state index in [9.17, 15) is 0 Å². The number of likely N-dealkylation sites (N-methyl/N-ethyl adjacent to an activating group) is 1. The Hall–Kier alpha value is -2.58. The van der Waals surface area contributed by atoms with E-state index in [2.05, 4.69) is 118 Å². The van der Waals surface area contributed by atoms with Crippen molar-refractivity contribution in [1.82, 2.24) is 0 Å². The number of allylic oxidation sites excluding steroid dienone is 5. The summed E-state index contributed by atoms with van der Waals surface area (Å²) >= 11 is 7.04. The molecular formula is C33H41ClN2. The molecule has 2 heterocycles. The number of rotatable bonds is 4. The Morgan fingerprint density at radius 1 is 0.972 bits per heavy atom. The average molecular weight is 501 g/mol. The lowest BCUT2D eigenvalue weighted by molar-refractivity contribution is -0.401. The van der Waals surface area contributed by atoms with Crippen molar-refractivity contribution in [3.05, 3.63) is 101 Å². The Balaban J connectivity index is 0.00000304. The molecule has 1 atom stereocenters. The van der Waals surface area contributed by atoms with E-state index in [0.29, 0.717) is 6.04 Å². The highest BCUT2D eigenvalue weighted by atomic mass is 35.5. The highest BCUT2D eigenvalue weighted by Gasteiger charge is 2.43. The predicted octanol–water partition coefficient (Wildman–Crippen LogP) is 8.49. The van der Waals surface area contributed by atoms with Gasteiger partial charge in [0, 0.05) is 46.9 Å². The van der Waals surface area contributed by atoms with Gasteiger partial charge in [-0.3, -0.25) is 0 Å². The van der Waals surface area contributed by atoms with Crippen LogP contribution in [0.5, 0.6) is 0 Å². The molecule has 1 unspecified atom stereocenters. The fraction of sp³-hybridized carbons (Fsp3) is 0.394. The quantitative estimate of drug-likeness (QED) is 0.301. The van der Waals surface area contributed by atoms with Crippen molar-refractivity contribution in [1.29, 1.82) is 0 Å². The van der Waals surface area contributed by atoms with Crippen molar-refractivity contribution in [2.45, 2.75) is 70.3 Å². The lowest BCUT2D eigenvalue weighted by Gasteiger charge is -2.32. The summed E-state index contributed by atoms with van der Waals surface area (Å²) in [5, 5.41) is 0.958. The van der Waals surface area contributed by atoms with Gasteiger partial charge in [-0.05, 0) is 62.3 Å². The fourth-order valence-electron chi connectivity index (χ4n) is 6.59. The SMILES string of the molecule is CN1c2ccccc2C(C)(C)C1C/C=C1\CCCC(/C=C/C2=[N+](C)c3ccccc3C2(C)C)=C1Cl.[CH3-]. The van der Waals surface area contributed by atoms with Crippen LogP contribution < -0.4 is 4.90 Å². The Morgan fingerprint density at radius 3 is 2.33 bits per heavy atom. The maximum Gasteiger partial charge on any atom is 0.209 e. The number of hydrogen-bond donors (Lipinski definition) is 0. The molecule has 0 bridgehead atoms. The van der Waals surface area contributed by atoms with Crippen molar-refractivity contribution >= 4 is 28.7 Å². The summed E-state index contributed by atoms with van der Waals surface area (Å²) < 4.78 is 2.33. The Morgan fingerprint density at radius 2 is 1.64 bits per heavy atom. The third-order valence-electron chi connectivity index (χ3n) is 8.71. The third kappa shape index (κ3) is 4.18. The normalized spacial score (nSPS) is 23.4. The maximum absolute atomic E-state index is 7.04. The summed E-state index contributed by atoms with van der Waals surface area (Å²) in [5.41, 5.74) is 9.47. The summed E-state index contributed by atoms with van der Waals surface area (Å²) in [4.78, 5) is 2.46. The summed E-state index contributed by atoms with van der Waals surface area (Å²) in [5.74, 6) is 0. The van der Waals surface area contributed by atoms with E-state index in [4.69, 9.17) is 11.6 Å². The molecule has 0 aromatic heterocycles. The van der Waals surface area contributed by atoms with Crippen LogP contribution in [0, 0.1) is 7.43 Å². The molecule has 0 saturated heterocycles. The topological polar surface area (TPSA) is 6.25 Å². The number of halogens is 1. The van der Waals surface area contributed by atoms with E-state index < -0.39 is 0 Å². The van der Waals surface area contributed by atoms with Crippen LogP contribution in [0.2, 0.25) is 0 Å². The lowest BCUT2D eigenvalue weighted by Crippen LogP contribution is -2.38. The molecule has 3 aliphatic rings. The first-order valence-electron chi connectivity index (χ1n) is 12.9. The third-order valence-corrected chi connectivity index (χ3v) is 9.19. The number of fused-ring (bicyclic) bond motifs is 2. The van der Waals surface area contributed by atoms with Gasteiger partial charge in [-0.15, -0.1) is 0 Å². The molecule has 1 aliphatic carbocycles. The minimum Gasteiger partial charge on any atom is -0.370 e. The predicted molar refractivity (Wildman–Crippen MR) is 157 cm³/mol. The smallest absolute Gasteiger partial charge is 0.209 e. The first-order chi connectivity index (χ1) is 16.6. The zero-order chi connectivity index (χ0) is 25.0. The largest absolute Gasteiger partial charge is 0.370 e. The van der Waals surface area contributed by atoms with E-state index in [0.717, 1.165) is 30.7 Å². The zero-order valence-electron chi connectivity index (χ0n) is 23.0. The highest BCUT2D eigenvalue weighted by molar-refractivity contribution is 6.32. The van der Waals surface area contributed by atoms with Gasteiger partial charge in [-0.25, -0.2) is 0 Å². The molecule has 0 N–H and O–H groups in total. The molecule has 0 spiro atoms. The molecule has 0 saturated carbocycles. The molecule has 2 nitrogen and oxygen atoms in total. The summed E-state index contributed by atoms with van der Waals surface area (Å²) in [6, 6.07) is 18.0. The van der Waals surface area contributed by atoms with Crippen LogP contribution in [0.4, 0.5) is 11.4 Å². The van der Waals surface area contributed by atoms with Crippen LogP contribution >= 0.6 is 11.6 Å². The Kier molecular flexibility index (Phi) is 7.14. The van der Waals surface area contributed by atoms with Gasteiger partial charge in [0.1, 0.15) is 7.05 Å². The number of hydrogen-bond acceptors (Lipinski definition) is 1. The summed E-state index contributed by atoms with van der Waals surface area (Å²) in [7, 11) is 4.41. The van der Waals surface area contributed by atoms with Crippen LogP contribution in [-0.4, -0.2) is 30.4 Å². The zero-order valence-corrected chi connectivity index (χ0v) is 23.8. The van der Waals surface area contributed by atoms with Gasteiger partial charge in [0.2, 0.25) is 5.69 Å². The molecule has 3 heteroatoms. The second-order valence-electron chi connectivity index (χ2n) is 11.4. The molecule has 2 aromatic carbocycles. The second-order valence-corrected chi connectivity index (χ2v) is 11.8. The first-order valence-corrected chi connectivity index (χ1v) is 13.3. The van der Waals surface area contributed by atoms with Gasteiger partial charge in [0.15, 0.2) is 5.71 Å². The molecule has 2 aliphatic heterocycles. The number of nitrogens with zero attached hydrogens (tertiary/aromatic N) is 2. The standard InChI is InChI=1S/C32H38ClN2.CH3/c1-31(2)24-14-7-9-16-26(24)34(5)28(31)20-18-22-12-11-13-23(30(22)33)19-21-29-32(3,4)25-15-8-10-17-27(25)35(29)6;/h7-10,14-20,29H,11-13,21H2,1-6H3;1H3/q+1;-1/b20-18+,23-19+;. The average Bonchev–Trinajstić information content (AvgIpc) is 3.16. The van der Waals surface area contributed by atoms with E-state index in [-0.39, 0.29) is 18.3 Å². The van der Waals surface area contributed by atoms with Gasteiger partial charge in [-0.1, -0.05) is 74.0 Å². The van der Waals surface area contributed by atoms with Gasteiger partial charge < -0.3 is 12.3 Å². The van der Waals surface area contributed by atoms with E-state index >= 15 is 0 Å². The highest BCUT2D eigenvalue weighted by Crippen LogP contribution is 2.46. The van der Waals surface area contributed by atoms with Gasteiger partial charge in [0.25, 0.3) is 0 Å². The van der Waals surface area contributed by atoms with Crippen LogP contribution in [0.3, 0.4) is 0 Å². The molecule has 190 valence electrons. The minimum atomic E-state index is -0.0180. The van der Waals surface area contributed by atoms with Crippen molar-refractivity contribution in [2.75, 3.05) is 19.0 Å². The maximum atomic E-state index is 7.04. The second kappa shape index (κ2) is 9.71. The van der Waals surface area contributed by atoms with Gasteiger partial charge in [0.05, 0.1) is 5.41 Å². The van der Waals surface area contributed by atoms with Crippen LogP contribution in [0.15, 0.2) is 82.9 Å². The molecule has 0 radical (unpaired) electrons. The fourth-order valence-corrected chi connectivity index (χ4v) is 6.92. The van der Waals surface area contributed by atoms with E-state index in [1.54, 1.807) is 0 Å². The number of benzene rings is 2. The summed E-state index contributed by atoms with van der Waals surface area (Å²) in [6.45, 7) is 9.38. The number of para-hydroxylation sites is 2.